The fourth-order valence-electron chi connectivity index (χ4n) is 3.24. The van der Waals surface area contributed by atoms with Gasteiger partial charge in [-0.25, -0.2) is 8.78 Å². The van der Waals surface area contributed by atoms with Crippen LogP contribution in [0.2, 0.25) is 0 Å². The summed E-state index contributed by atoms with van der Waals surface area (Å²) in [6, 6.07) is 0. The summed E-state index contributed by atoms with van der Waals surface area (Å²) in [6.07, 6.45) is 2.04. The number of carbonyl (C=O) groups is 1. The van der Waals surface area contributed by atoms with Gasteiger partial charge in [-0.2, -0.15) is 5.10 Å². The van der Waals surface area contributed by atoms with E-state index in [1.54, 1.807) is 6.20 Å². The van der Waals surface area contributed by atoms with E-state index in [4.69, 9.17) is 0 Å². The molecule has 1 amide bonds. The van der Waals surface area contributed by atoms with Crippen LogP contribution in [-0.4, -0.2) is 39.6 Å². The van der Waals surface area contributed by atoms with E-state index >= 15 is 0 Å². The molecule has 3 rings (SSSR count). The van der Waals surface area contributed by atoms with Crippen molar-refractivity contribution in [3.63, 3.8) is 0 Å². The highest BCUT2D eigenvalue weighted by molar-refractivity contribution is 5.95. The Morgan fingerprint density at radius 2 is 2.05 bits per heavy atom. The second-order valence-corrected chi connectivity index (χ2v) is 6.87. The molecule has 6 heteroatoms. The fourth-order valence-corrected chi connectivity index (χ4v) is 3.24. The highest BCUT2D eigenvalue weighted by atomic mass is 19.3. The average Bonchev–Trinajstić information content (AvgIpc) is 2.67. The van der Waals surface area contributed by atoms with Gasteiger partial charge < -0.3 is 4.90 Å². The summed E-state index contributed by atoms with van der Waals surface area (Å²) in [5.41, 5.74) is 0.410. The number of alkyl halides is 2. The van der Waals surface area contributed by atoms with Crippen molar-refractivity contribution >= 4 is 5.91 Å². The van der Waals surface area contributed by atoms with E-state index in [1.165, 1.54) is 4.90 Å². The van der Waals surface area contributed by atoms with Crippen LogP contribution in [0.1, 0.15) is 42.7 Å². The van der Waals surface area contributed by atoms with Crippen LogP contribution in [0.4, 0.5) is 8.78 Å². The molecule has 0 radical (unpaired) electrons. The minimum atomic E-state index is -2.60. The standard InChI is InChI=1S/C15H21F2N3O/c1-10(2)7-20-11(3)12(6-18-20)13(21)19-8-14(9-19)4-5-15(14,16)17/h6,10H,4-5,7-9H2,1-3H3. The molecule has 1 aliphatic carbocycles. The minimum absolute atomic E-state index is 0.0413. The van der Waals surface area contributed by atoms with Crippen molar-refractivity contribution in [3.8, 4) is 0 Å². The van der Waals surface area contributed by atoms with Crippen LogP contribution in [0.25, 0.3) is 0 Å². The Labute approximate surface area is 123 Å². The second-order valence-electron chi connectivity index (χ2n) is 6.87. The lowest BCUT2D eigenvalue weighted by atomic mass is 9.60. The highest BCUT2D eigenvalue weighted by Gasteiger charge is 2.67. The first kappa shape index (κ1) is 14.5. The normalized spacial score (nSPS) is 22.3. The largest absolute Gasteiger partial charge is 0.337 e. The number of carbonyl (C=O) groups excluding carboxylic acids is 1. The maximum Gasteiger partial charge on any atom is 0.257 e. The second kappa shape index (κ2) is 4.52. The average molecular weight is 297 g/mol. The van der Waals surface area contributed by atoms with Crippen molar-refractivity contribution in [3.05, 3.63) is 17.5 Å². The molecule has 116 valence electrons. The zero-order valence-corrected chi connectivity index (χ0v) is 12.7. The molecular weight excluding hydrogens is 276 g/mol. The molecule has 0 bridgehead atoms. The van der Waals surface area contributed by atoms with Gasteiger partial charge in [-0.05, 0) is 19.3 Å². The van der Waals surface area contributed by atoms with Crippen LogP contribution < -0.4 is 0 Å². The Balaban J connectivity index is 1.69. The van der Waals surface area contributed by atoms with Crippen molar-refractivity contribution in [1.82, 2.24) is 14.7 Å². The Morgan fingerprint density at radius 3 is 2.52 bits per heavy atom. The number of hydrogen-bond acceptors (Lipinski definition) is 2. The summed E-state index contributed by atoms with van der Waals surface area (Å²) < 4.78 is 28.9. The molecule has 1 saturated heterocycles. The first-order valence-corrected chi connectivity index (χ1v) is 7.45. The van der Waals surface area contributed by atoms with Crippen LogP contribution in [0.15, 0.2) is 6.20 Å². The van der Waals surface area contributed by atoms with Crippen molar-refractivity contribution in [1.29, 1.82) is 0 Å². The zero-order chi connectivity index (χ0) is 15.4. The van der Waals surface area contributed by atoms with Crippen LogP contribution in [0, 0.1) is 18.3 Å². The first-order chi connectivity index (χ1) is 9.76. The molecule has 1 spiro atoms. The predicted octanol–water partition coefficient (Wildman–Crippen LogP) is 2.72. The first-order valence-electron chi connectivity index (χ1n) is 7.45. The Morgan fingerprint density at radius 1 is 1.38 bits per heavy atom. The maximum absolute atomic E-state index is 13.6. The van der Waals surface area contributed by atoms with Crippen molar-refractivity contribution in [2.24, 2.45) is 11.3 Å². The topological polar surface area (TPSA) is 38.1 Å². The number of nitrogens with zero attached hydrogens (tertiary/aromatic N) is 3. The van der Waals surface area contributed by atoms with E-state index in [-0.39, 0.29) is 25.4 Å². The van der Waals surface area contributed by atoms with Gasteiger partial charge in [0, 0.05) is 31.7 Å². The van der Waals surface area contributed by atoms with Crippen molar-refractivity contribution < 1.29 is 13.6 Å². The third-order valence-electron chi connectivity index (χ3n) is 4.84. The molecule has 0 aromatic carbocycles. The van der Waals surface area contributed by atoms with Crippen LogP contribution in [-0.2, 0) is 6.54 Å². The van der Waals surface area contributed by atoms with Gasteiger partial charge in [0.2, 0.25) is 0 Å². The Bertz CT molecular complexity index is 573. The maximum atomic E-state index is 13.6. The number of hydrogen-bond donors (Lipinski definition) is 0. The molecule has 1 saturated carbocycles. The minimum Gasteiger partial charge on any atom is -0.337 e. The van der Waals surface area contributed by atoms with E-state index in [0.29, 0.717) is 17.9 Å². The molecule has 21 heavy (non-hydrogen) atoms. The molecule has 2 fully saturated rings. The number of rotatable bonds is 3. The quantitative estimate of drug-likeness (QED) is 0.860. The lowest BCUT2D eigenvalue weighted by molar-refractivity contribution is -0.248. The van der Waals surface area contributed by atoms with Gasteiger partial charge in [0.25, 0.3) is 11.8 Å². The molecule has 2 aliphatic rings. The van der Waals surface area contributed by atoms with Crippen LogP contribution in [0.3, 0.4) is 0 Å². The Hall–Kier alpha value is -1.46. The fraction of sp³-hybridized carbons (Fsp3) is 0.733. The molecule has 0 atom stereocenters. The summed E-state index contributed by atoms with van der Waals surface area (Å²) in [5, 5.41) is 4.24. The van der Waals surface area contributed by atoms with Gasteiger partial charge in [0.05, 0.1) is 17.2 Å². The van der Waals surface area contributed by atoms with Gasteiger partial charge in [0.1, 0.15) is 0 Å². The summed E-state index contributed by atoms with van der Waals surface area (Å²) in [4.78, 5) is 13.9. The zero-order valence-electron chi connectivity index (χ0n) is 12.7. The molecule has 1 aromatic rings. The van der Waals surface area contributed by atoms with Gasteiger partial charge in [0.15, 0.2) is 0 Å². The van der Waals surface area contributed by atoms with E-state index in [9.17, 15) is 13.6 Å². The molecule has 1 aromatic heterocycles. The molecule has 0 unspecified atom stereocenters. The van der Waals surface area contributed by atoms with Crippen molar-refractivity contribution in [2.45, 2.75) is 46.1 Å². The Kier molecular flexibility index (Phi) is 3.11. The van der Waals surface area contributed by atoms with Crippen molar-refractivity contribution in [2.75, 3.05) is 13.1 Å². The smallest absolute Gasteiger partial charge is 0.257 e. The summed E-state index contributed by atoms with van der Waals surface area (Å²) >= 11 is 0. The number of halogens is 2. The molecule has 2 heterocycles. The summed E-state index contributed by atoms with van der Waals surface area (Å²) in [5.74, 6) is -2.33. The van der Waals surface area contributed by atoms with Crippen LogP contribution in [0.5, 0.6) is 0 Å². The highest BCUT2D eigenvalue weighted by Crippen LogP contribution is 2.59. The summed E-state index contributed by atoms with van der Waals surface area (Å²) in [7, 11) is 0. The van der Waals surface area contributed by atoms with Crippen LogP contribution >= 0.6 is 0 Å². The molecule has 0 N–H and O–H groups in total. The monoisotopic (exact) mass is 297 g/mol. The molecular formula is C15H21F2N3O. The van der Waals surface area contributed by atoms with Gasteiger partial charge in [-0.15, -0.1) is 0 Å². The van der Waals surface area contributed by atoms with E-state index in [0.717, 1.165) is 12.2 Å². The summed E-state index contributed by atoms with van der Waals surface area (Å²) in [6.45, 7) is 7.12. The molecule has 1 aliphatic heterocycles. The van der Waals surface area contributed by atoms with Gasteiger partial charge in [-0.1, -0.05) is 13.8 Å². The van der Waals surface area contributed by atoms with Gasteiger partial charge >= 0.3 is 0 Å². The predicted molar refractivity (Wildman–Crippen MR) is 74.3 cm³/mol. The number of amides is 1. The van der Waals surface area contributed by atoms with Gasteiger partial charge in [-0.3, -0.25) is 9.48 Å². The lowest BCUT2D eigenvalue weighted by Gasteiger charge is -2.59. The third-order valence-corrected chi connectivity index (χ3v) is 4.84. The third kappa shape index (κ3) is 2.07. The SMILES string of the molecule is Cc1c(C(=O)N2CC3(CCC3(F)F)C2)cnn1CC(C)C. The number of likely N-dealkylation sites (tertiary alicyclic amines) is 1. The molecule has 4 nitrogen and oxygen atoms in total. The lowest BCUT2D eigenvalue weighted by Crippen LogP contribution is -2.70. The van der Waals surface area contributed by atoms with E-state index in [1.807, 2.05) is 11.6 Å². The van der Waals surface area contributed by atoms with E-state index in [2.05, 4.69) is 18.9 Å². The number of aromatic nitrogens is 2. The van der Waals surface area contributed by atoms with E-state index < -0.39 is 11.3 Å².